The maximum Gasteiger partial charge on any atom is 0.274 e. The van der Waals surface area contributed by atoms with Crippen molar-refractivity contribution >= 4 is 5.91 Å². The topological polar surface area (TPSA) is 68.2 Å². The largest absolute Gasteiger partial charge is 0.379 e. The van der Waals surface area contributed by atoms with Crippen molar-refractivity contribution in [3.8, 4) is 0 Å². The number of pyridine rings is 1. The lowest BCUT2D eigenvalue weighted by molar-refractivity contribution is 0.0504. The second-order valence-corrected chi connectivity index (χ2v) is 5.28. The molecule has 1 amide bonds. The van der Waals surface area contributed by atoms with E-state index < -0.39 is 0 Å². The first-order valence-corrected chi connectivity index (χ1v) is 7.28. The molecule has 2 aromatic heterocycles. The summed E-state index contributed by atoms with van der Waals surface area (Å²) in [7, 11) is 1.69. The number of nitrogens with zero attached hydrogens (tertiary/aromatic N) is 4. The highest BCUT2D eigenvalue weighted by Gasteiger charge is 2.38. The van der Waals surface area contributed by atoms with Gasteiger partial charge in [-0.2, -0.15) is 0 Å². The first-order chi connectivity index (χ1) is 10.8. The van der Waals surface area contributed by atoms with Crippen LogP contribution in [0.25, 0.3) is 0 Å². The summed E-state index contributed by atoms with van der Waals surface area (Å²) in [5.74, 6) is -0.0958. The highest BCUT2D eigenvalue weighted by Crippen LogP contribution is 2.25. The van der Waals surface area contributed by atoms with Crippen molar-refractivity contribution in [1.29, 1.82) is 0 Å². The summed E-state index contributed by atoms with van der Waals surface area (Å²) >= 11 is 0. The Morgan fingerprint density at radius 1 is 1.32 bits per heavy atom. The minimum Gasteiger partial charge on any atom is -0.379 e. The molecular formula is C16H18N4O2. The van der Waals surface area contributed by atoms with Crippen molar-refractivity contribution in [3.63, 3.8) is 0 Å². The van der Waals surface area contributed by atoms with E-state index in [-0.39, 0.29) is 18.1 Å². The van der Waals surface area contributed by atoms with Crippen LogP contribution in [-0.2, 0) is 11.2 Å². The normalized spacial score (nSPS) is 21.0. The van der Waals surface area contributed by atoms with Gasteiger partial charge in [0.1, 0.15) is 5.69 Å². The number of aromatic nitrogens is 3. The van der Waals surface area contributed by atoms with Crippen LogP contribution in [0.1, 0.15) is 22.5 Å². The fourth-order valence-corrected chi connectivity index (χ4v) is 2.91. The molecule has 6 nitrogen and oxygen atoms in total. The third-order valence-corrected chi connectivity index (χ3v) is 4.00. The highest BCUT2D eigenvalue weighted by atomic mass is 16.5. The van der Waals surface area contributed by atoms with Crippen LogP contribution in [0.3, 0.4) is 0 Å². The van der Waals surface area contributed by atoms with Crippen LogP contribution in [0.2, 0.25) is 0 Å². The highest BCUT2D eigenvalue weighted by molar-refractivity contribution is 5.92. The molecule has 1 aliphatic rings. The summed E-state index contributed by atoms with van der Waals surface area (Å²) in [6.45, 7) is 0.666. The van der Waals surface area contributed by atoms with Crippen LogP contribution in [0.4, 0.5) is 0 Å². The molecule has 1 saturated heterocycles. The van der Waals surface area contributed by atoms with Gasteiger partial charge in [-0.05, 0) is 24.5 Å². The maximum atomic E-state index is 12.7. The zero-order valence-corrected chi connectivity index (χ0v) is 12.4. The summed E-state index contributed by atoms with van der Waals surface area (Å²) in [5, 5.41) is 0. The summed E-state index contributed by atoms with van der Waals surface area (Å²) in [5.41, 5.74) is 1.46. The fraction of sp³-hybridized carbons (Fsp3) is 0.375. The molecule has 3 heterocycles. The van der Waals surface area contributed by atoms with E-state index in [2.05, 4.69) is 15.0 Å². The third kappa shape index (κ3) is 2.96. The number of carbonyl (C=O) groups is 1. The number of rotatable bonds is 4. The molecule has 1 fully saturated rings. The van der Waals surface area contributed by atoms with E-state index in [0.29, 0.717) is 12.2 Å². The molecular weight excluding hydrogens is 280 g/mol. The number of likely N-dealkylation sites (tertiary alicyclic amines) is 1. The quantitative estimate of drug-likeness (QED) is 0.852. The van der Waals surface area contributed by atoms with Crippen molar-refractivity contribution in [2.45, 2.75) is 25.0 Å². The molecule has 1 aliphatic heterocycles. The van der Waals surface area contributed by atoms with Crippen LogP contribution in [0.15, 0.2) is 43.1 Å². The Kier molecular flexibility index (Phi) is 4.39. The van der Waals surface area contributed by atoms with Gasteiger partial charge in [-0.1, -0.05) is 6.07 Å². The van der Waals surface area contributed by atoms with Gasteiger partial charge in [0, 0.05) is 38.4 Å². The third-order valence-electron chi connectivity index (χ3n) is 4.00. The zero-order chi connectivity index (χ0) is 15.4. The lowest BCUT2D eigenvalue weighted by Crippen LogP contribution is -2.42. The Hall–Kier alpha value is -2.34. The SMILES string of the molecule is CO[C@@H]1CCN(C(=O)c2cnccn2)[C@H]1Cc1cccnc1. The van der Waals surface area contributed by atoms with E-state index in [4.69, 9.17) is 4.74 Å². The standard InChI is InChI=1S/C16H18N4O2/c1-22-15-4-8-20(16(21)13-11-18-6-7-19-13)14(15)9-12-3-2-5-17-10-12/h2-3,5-7,10-11,14-15H,4,8-9H2,1H3/t14-,15+/m0/s1. The molecule has 22 heavy (non-hydrogen) atoms. The van der Waals surface area contributed by atoms with Crippen molar-refractivity contribution in [3.05, 3.63) is 54.4 Å². The van der Waals surface area contributed by atoms with Gasteiger partial charge in [0.25, 0.3) is 5.91 Å². The predicted molar refractivity (Wildman–Crippen MR) is 80.2 cm³/mol. The molecule has 0 unspecified atom stereocenters. The predicted octanol–water partition coefficient (Wildman–Crippen LogP) is 1.34. The van der Waals surface area contributed by atoms with Crippen molar-refractivity contribution in [2.75, 3.05) is 13.7 Å². The molecule has 0 radical (unpaired) electrons. The van der Waals surface area contributed by atoms with Gasteiger partial charge in [-0.25, -0.2) is 4.98 Å². The average Bonchev–Trinajstić information content (AvgIpc) is 2.98. The first-order valence-electron chi connectivity index (χ1n) is 7.28. The summed E-state index contributed by atoms with van der Waals surface area (Å²) in [6, 6.07) is 3.91. The summed E-state index contributed by atoms with van der Waals surface area (Å²) in [4.78, 5) is 26.7. The minimum atomic E-state index is -0.0958. The Bertz CT molecular complexity index is 621. The lowest BCUT2D eigenvalue weighted by Gasteiger charge is -2.27. The number of carbonyl (C=O) groups excluding carboxylic acids is 1. The molecule has 0 aromatic carbocycles. The molecule has 114 valence electrons. The maximum absolute atomic E-state index is 12.7. The fourth-order valence-electron chi connectivity index (χ4n) is 2.91. The van der Waals surface area contributed by atoms with Gasteiger partial charge in [0.15, 0.2) is 0 Å². The van der Waals surface area contributed by atoms with Crippen molar-refractivity contribution in [1.82, 2.24) is 19.9 Å². The smallest absolute Gasteiger partial charge is 0.274 e. The lowest BCUT2D eigenvalue weighted by atomic mass is 10.0. The van der Waals surface area contributed by atoms with Gasteiger partial charge in [0.2, 0.25) is 0 Å². The molecule has 0 spiro atoms. The Morgan fingerprint density at radius 2 is 2.18 bits per heavy atom. The van der Waals surface area contributed by atoms with E-state index in [0.717, 1.165) is 18.4 Å². The Morgan fingerprint density at radius 3 is 2.86 bits per heavy atom. The Labute approximate surface area is 129 Å². The van der Waals surface area contributed by atoms with Crippen molar-refractivity contribution < 1.29 is 9.53 Å². The molecule has 0 N–H and O–H groups in total. The second kappa shape index (κ2) is 6.62. The molecule has 2 atom stereocenters. The van der Waals surface area contributed by atoms with Crippen molar-refractivity contribution in [2.24, 2.45) is 0 Å². The summed E-state index contributed by atoms with van der Waals surface area (Å²) in [6.07, 6.45) is 9.75. The number of methoxy groups -OCH3 is 1. The van der Waals surface area contributed by atoms with Crippen LogP contribution in [-0.4, -0.2) is 51.6 Å². The van der Waals surface area contributed by atoms with Gasteiger partial charge >= 0.3 is 0 Å². The monoisotopic (exact) mass is 298 g/mol. The minimum absolute atomic E-state index is 0.0105. The van der Waals surface area contributed by atoms with Crippen LogP contribution >= 0.6 is 0 Å². The van der Waals surface area contributed by atoms with Gasteiger partial charge in [-0.15, -0.1) is 0 Å². The molecule has 6 heteroatoms. The summed E-state index contributed by atoms with van der Waals surface area (Å²) < 4.78 is 5.56. The van der Waals surface area contributed by atoms with E-state index in [1.54, 1.807) is 19.5 Å². The van der Waals surface area contributed by atoms with Gasteiger partial charge < -0.3 is 9.64 Å². The van der Waals surface area contributed by atoms with E-state index in [1.165, 1.54) is 12.4 Å². The van der Waals surface area contributed by atoms with Crippen LogP contribution < -0.4 is 0 Å². The van der Waals surface area contributed by atoms with E-state index in [1.807, 2.05) is 23.2 Å². The second-order valence-electron chi connectivity index (χ2n) is 5.28. The number of hydrogen-bond acceptors (Lipinski definition) is 5. The number of hydrogen-bond donors (Lipinski definition) is 0. The number of amides is 1. The number of ether oxygens (including phenoxy) is 1. The van der Waals surface area contributed by atoms with Gasteiger partial charge in [0.05, 0.1) is 18.3 Å². The molecule has 2 aromatic rings. The van der Waals surface area contributed by atoms with Crippen LogP contribution in [0.5, 0.6) is 0 Å². The first kappa shape index (κ1) is 14.6. The van der Waals surface area contributed by atoms with E-state index >= 15 is 0 Å². The molecule has 0 bridgehead atoms. The molecule has 3 rings (SSSR count). The average molecular weight is 298 g/mol. The van der Waals surface area contributed by atoms with Gasteiger partial charge in [-0.3, -0.25) is 14.8 Å². The molecule has 0 saturated carbocycles. The molecule has 0 aliphatic carbocycles. The van der Waals surface area contributed by atoms with E-state index in [9.17, 15) is 4.79 Å². The zero-order valence-electron chi connectivity index (χ0n) is 12.4. The van der Waals surface area contributed by atoms with Crippen LogP contribution in [0, 0.1) is 0 Å². The Balaban J connectivity index is 1.81.